The van der Waals surface area contributed by atoms with Crippen molar-refractivity contribution in [3.63, 3.8) is 0 Å². The summed E-state index contributed by atoms with van der Waals surface area (Å²) in [5, 5.41) is 18.7. The summed E-state index contributed by atoms with van der Waals surface area (Å²) in [5.41, 5.74) is 0.888. The van der Waals surface area contributed by atoms with Crippen molar-refractivity contribution in [1.82, 2.24) is 9.55 Å². The molecule has 1 aromatic heterocycles. The molecule has 0 saturated carbocycles. The molecule has 2 heterocycles. The van der Waals surface area contributed by atoms with Gasteiger partial charge in [-0.05, 0) is 19.1 Å². The van der Waals surface area contributed by atoms with Crippen LogP contribution >= 0.6 is 24.4 Å². The number of aromatic amines is 1. The summed E-state index contributed by atoms with van der Waals surface area (Å²) in [7, 11) is 0. The fourth-order valence-corrected chi connectivity index (χ4v) is 2.34. The van der Waals surface area contributed by atoms with Crippen LogP contribution in [0.2, 0.25) is 0 Å². The molecule has 2 rings (SSSR count). The third-order valence-corrected chi connectivity index (χ3v) is 3.58. The van der Waals surface area contributed by atoms with Crippen molar-refractivity contribution < 1.29 is 14.9 Å². The van der Waals surface area contributed by atoms with Gasteiger partial charge in [-0.25, -0.2) is 0 Å². The van der Waals surface area contributed by atoms with E-state index >= 15 is 0 Å². The van der Waals surface area contributed by atoms with E-state index in [1.54, 1.807) is 10.8 Å². The SMILES string of the molecule is Cc1cn([C@H]2C[C@@H](O)[C@H](CO)O2)c(=S)[nH]c1=S. The van der Waals surface area contributed by atoms with Crippen LogP contribution in [0.1, 0.15) is 18.2 Å². The molecule has 1 saturated heterocycles. The fraction of sp³-hybridized carbons (Fsp3) is 0.600. The Hall–Kier alpha value is -0.600. The second-order valence-electron chi connectivity index (χ2n) is 4.09. The minimum atomic E-state index is -0.671. The minimum absolute atomic E-state index is 0.202. The molecule has 0 unspecified atom stereocenters. The van der Waals surface area contributed by atoms with Crippen molar-refractivity contribution in [3.05, 3.63) is 21.2 Å². The van der Waals surface area contributed by atoms with Gasteiger partial charge < -0.3 is 19.9 Å². The summed E-state index contributed by atoms with van der Waals surface area (Å²) >= 11 is 10.2. The highest BCUT2D eigenvalue weighted by molar-refractivity contribution is 7.72. The van der Waals surface area contributed by atoms with Crippen LogP contribution in [-0.4, -0.2) is 38.6 Å². The van der Waals surface area contributed by atoms with Crippen LogP contribution in [0.3, 0.4) is 0 Å². The third-order valence-electron chi connectivity index (χ3n) is 2.84. The number of nitrogens with one attached hydrogen (secondary N) is 1. The van der Waals surface area contributed by atoms with Gasteiger partial charge in [0, 0.05) is 18.2 Å². The highest BCUT2D eigenvalue weighted by Gasteiger charge is 2.34. The zero-order valence-corrected chi connectivity index (χ0v) is 10.9. The first-order valence-corrected chi connectivity index (χ1v) is 6.11. The highest BCUT2D eigenvalue weighted by Crippen LogP contribution is 2.28. The zero-order valence-electron chi connectivity index (χ0n) is 9.29. The maximum atomic E-state index is 9.67. The van der Waals surface area contributed by atoms with Crippen LogP contribution in [0.15, 0.2) is 6.20 Å². The van der Waals surface area contributed by atoms with Gasteiger partial charge in [-0.2, -0.15) is 0 Å². The molecule has 0 aromatic carbocycles. The molecule has 1 aromatic rings. The van der Waals surface area contributed by atoms with E-state index in [1.165, 1.54) is 0 Å². The molecule has 0 spiro atoms. The van der Waals surface area contributed by atoms with Crippen LogP contribution in [0.5, 0.6) is 0 Å². The first kappa shape index (κ1) is 12.8. The number of aromatic nitrogens is 2. The molecule has 1 aliphatic heterocycles. The normalized spacial score (nSPS) is 28.5. The molecular weight excluding hydrogens is 260 g/mol. The fourth-order valence-electron chi connectivity index (χ4n) is 1.85. The van der Waals surface area contributed by atoms with E-state index in [1.807, 2.05) is 6.92 Å². The van der Waals surface area contributed by atoms with Crippen molar-refractivity contribution in [2.45, 2.75) is 31.8 Å². The number of nitrogens with zero attached hydrogens (tertiary/aromatic N) is 1. The lowest BCUT2D eigenvalue weighted by molar-refractivity contribution is -0.0453. The second kappa shape index (κ2) is 4.95. The number of aliphatic hydroxyl groups is 2. The minimum Gasteiger partial charge on any atom is -0.394 e. The maximum absolute atomic E-state index is 9.67. The summed E-state index contributed by atoms with van der Waals surface area (Å²) in [6.45, 7) is 1.67. The van der Waals surface area contributed by atoms with Crippen LogP contribution < -0.4 is 0 Å². The Morgan fingerprint density at radius 2 is 2.29 bits per heavy atom. The standard InChI is InChI=1S/C10H14N2O3S2/c1-5-3-12(10(17)11-9(5)16)8-2-6(14)7(4-13)15-8/h3,6-8,13-14H,2,4H2,1H3,(H,11,16,17)/t6-,7+,8-/m1/s1. The number of H-pyrrole nitrogens is 1. The lowest BCUT2D eigenvalue weighted by Gasteiger charge is -2.16. The highest BCUT2D eigenvalue weighted by atomic mass is 32.1. The molecule has 7 heteroatoms. The number of aryl methyl sites for hydroxylation is 1. The van der Waals surface area contributed by atoms with E-state index in [0.717, 1.165) is 5.56 Å². The Labute approximate surface area is 109 Å². The quantitative estimate of drug-likeness (QED) is 0.708. The Balaban J connectivity index is 2.34. The van der Waals surface area contributed by atoms with E-state index in [2.05, 4.69) is 4.98 Å². The van der Waals surface area contributed by atoms with Crippen molar-refractivity contribution >= 4 is 24.4 Å². The molecule has 0 bridgehead atoms. The van der Waals surface area contributed by atoms with Gasteiger partial charge in [0.05, 0.1) is 12.7 Å². The zero-order chi connectivity index (χ0) is 12.6. The lowest BCUT2D eigenvalue weighted by Crippen LogP contribution is -2.24. The molecule has 3 N–H and O–H groups in total. The van der Waals surface area contributed by atoms with Gasteiger partial charge in [-0.15, -0.1) is 0 Å². The number of hydrogen-bond donors (Lipinski definition) is 3. The third kappa shape index (κ3) is 2.48. The molecule has 1 aliphatic rings. The Morgan fingerprint density at radius 1 is 1.59 bits per heavy atom. The molecule has 3 atom stereocenters. The molecule has 94 valence electrons. The average molecular weight is 274 g/mol. The second-order valence-corrected chi connectivity index (χ2v) is 4.89. The summed E-state index contributed by atoms with van der Waals surface area (Å²) in [6.07, 6.45) is 0.628. The molecule has 5 nitrogen and oxygen atoms in total. The molecule has 0 amide bonds. The van der Waals surface area contributed by atoms with Crippen LogP contribution in [-0.2, 0) is 4.74 Å². The predicted octanol–water partition coefficient (Wildman–Crippen LogP) is 1.22. The largest absolute Gasteiger partial charge is 0.394 e. The monoisotopic (exact) mass is 274 g/mol. The van der Waals surface area contributed by atoms with Gasteiger partial charge in [-0.3, -0.25) is 4.57 Å². The first-order valence-electron chi connectivity index (χ1n) is 5.29. The average Bonchev–Trinajstić information content (AvgIpc) is 2.65. The van der Waals surface area contributed by atoms with Gasteiger partial charge in [0.15, 0.2) is 4.77 Å². The molecule has 17 heavy (non-hydrogen) atoms. The molecule has 1 fully saturated rings. The van der Waals surface area contributed by atoms with Crippen molar-refractivity contribution in [2.75, 3.05) is 6.61 Å². The van der Waals surface area contributed by atoms with E-state index in [4.69, 9.17) is 34.3 Å². The van der Waals surface area contributed by atoms with Crippen molar-refractivity contribution in [3.8, 4) is 0 Å². The van der Waals surface area contributed by atoms with Crippen molar-refractivity contribution in [1.29, 1.82) is 0 Å². The van der Waals surface area contributed by atoms with Gasteiger partial charge in [0.25, 0.3) is 0 Å². The van der Waals surface area contributed by atoms with Gasteiger partial charge >= 0.3 is 0 Å². The number of ether oxygens (including phenoxy) is 1. The summed E-state index contributed by atoms with van der Waals surface area (Å²) in [6, 6.07) is 0. The van der Waals surface area contributed by atoms with Gasteiger partial charge in [0.1, 0.15) is 17.0 Å². The van der Waals surface area contributed by atoms with Crippen LogP contribution in [0, 0.1) is 16.3 Å². The van der Waals surface area contributed by atoms with Gasteiger partial charge in [-0.1, -0.05) is 12.2 Å². The summed E-state index contributed by atoms with van der Waals surface area (Å²) in [5.74, 6) is 0. The number of hydrogen-bond acceptors (Lipinski definition) is 5. The summed E-state index contributed by atoms with van der Waals surface area (Å²) in [4.78, 5) is 2.90. The lowest BCUT2D eigenvalue weighted by atomic mass is 10.2. The molecular formula is C10H14N2O3S2. The van der Waals surface area contributed by atoms with E-state index in [-0.39, 0.29) is 12.8 Å². The van der Waals surface area contributed by atoms with Crippen LogP contribution in [0.4, 0.5) is 0 Å². The van der Waals surface area contributed by atoms with E-state index in [9.17, 15) is 5.11 Å². The Kier molecular flexibility index (Phi) is 3.74. The molecule has 0 radical (unpaired) electrons. The smallest absolute Gasteiger partial charge is 0.180 e. The first-order chi connectivity index (χ1) is 8.02. The maximum Gasteiger partial charge on any atom is 0.180 e. The molecule has 0 aliphatic carbocycles. The van der Waals surface area contributed by atoms with E-state index in [0.29, 0.717) is 15.8 Å². The number of rotatable bonds is 2. The Morgan fingerprint density at radius 3 is 2.88 bits per heavy atom. The van der Waals surface area contributed by atoms with Crippen molar-refractivity contribution in [2.24, 2.45) is 0 Å². The van der Waals surface area contributed by atoms with E-state index < -0.39 is 12.2 Å². The van der Waals surface area contributed by atoms with Crippen LogP contribution in [0.25, 0.3) is 0 Å². The summed E-state index contributed by atoms with van der Waals surface area (Å²) < 4.78 is 8.30. The number of aliphatic hydroxyl groups excluding tert-OH is 2. The Bertz CT molecular complexity index is 525. The predicted molar refractivity (Wildman–Crippen MR) is 66.8 cm³/mol. The van der Waals surface area contributed by atoms with Gasteiger partial charge in [0.2, 0.25) is 0 Å². The topological polar surface area (TPSA) is 70.4 Å².